The van der Waals surface area contributed by atoms with Crippen molar-refractivity contribution in [3.63, 3.8) is 0 Å². The number of amides is 1. The molecule has 0 saturated heterocycles. The summed E-state index contributed by atoms with van der Waals surface area (Å²) in [7, 11) is -3.55. The molecule has 1 saturated carbocycles. The second-order valence-electron chi connectivity index (χ2n) is 9.45. The Morgan fingerprint density at radius 2 is 1.78 bits per heavy atom. The van der Waals surface area contributed by atoms with Crippen LogP contribution in [0.25, 0.3) is 11.1 Å². The molecular formula is C27H37LiN2O5S2. The number of sulfonamides is 1. The summed E-state index contributed by atoms with van der Waals surface area (Å²) in [6, 6.07) is 11.5. The molecule has 1 fully saturated rings. The van der Waals surface area contributed by atoms with Crippen LogP contribution < -0.4 is 10.0 Å². The van der Waals surface area contributed by atoms with Gasteiger partial charge in [-0.2, -0.15) is 11.8 Å². The maximum atomic E-state index is 13.2. The molecule has 0 radical (unpaired) electrons. The summed E-state index contributed by atoms with van der Waals surface area (Å²) < 4.78 is 28.4. The molecule has 7 nitrogen and oxygen atoms in total. The van der Waals surface area contributed by atoms with Crippen molar-refractivity contribution in [2.45, 2.75) is 57.2 Å². The van der Waals surface area contributed by atoms with Gasteiger partial charge >= 0.3 is 24.8 Å². The van der Waals surface area contributed by atoms with Crippen LogP contribution in [0.15, 0.2) is 42.5 Å². The Labute approximate surface area is 236 Å². The molecule has 1 aliphatic carbocycles. The Kier molecular flexibility index (Phi) is 12.7. The van der Waals surface area contributed by atoms with Crippen LogP contribution in [-0.4, -0.2) is 68.9 Å². The molecule has 3 N–H and O–H groups in total. The van der Waals surface area contributed by atoms with Crippen molar-refractivity contribution in [2.24, 2.45) is 5.92 Å². The van der Waals surface area contributed by atoms with Gasteiger partial charge in [0.15, 0.2) is 0 Å². The molecule has 0 heterocycles. The molecule has 0 bridgehead atoms. The predicted molar refractivity (Wildman–Crippen MR) is 153 cm³/mol. The molecule has 1 atom stereocenters. The Morgan fingerprint density at radius 1 is 1.08 bits per heavy atom. The van der Waals surface area contributed by atoms with E-state index >= 15 is 0 Å². The molecule has 0 aliphatic heterocycles. The van der Waals surface area contributed by atoms with Gasteiger partial charge in [-0.1, -0.05) is 49.6 Å². The van der Waals surface area contributed by atoms with Crippen LogP contribution in [0, 0.1) is 12.8 Å². The normalized spacial score (nSPS) is 15.0. The number of carboxylic acids is 1. The van der Waals surface area contributed by atoms with E-state index in [0.29, 0.717) is 41.3 Å². The first kappa shape index (κ1) is 31.5. The number of hydrogen-bond donors (Lipinski definition) is 3. The molecule has 0 spiro atoms. The Hall–Kier alpha value is -1.76. The Morgan fingerprint density at radius 3 is 2.43 bits per heavy atom. The monoisotopic (exact) mass is 540 g/mol. The molecule has 3 rings (SSSR count). The number of hydrogen-bond acceptors (Lipinski definition) is 5. The van der Waals surface area contributed by atoms with E-state index in [9.17, 15) is 23.1 Å². The van der Waals surface area contributed by atoms with Gasteiger partial charge in [0, 0.05) is 12.1 Å². The first-order chi connectivity index (χ1) is 17.2. The van der Waals surface area contributed by atoms with E-state index in [1.807, 2.05) is 37.4 Å². The second kappa shape index (κ2) is 15.0. The van der Waals surface area contributed by atoms with Crippen LogP contribution in [-0.2, 0) is 20.6 Å². The summed E-state index contributed by atoms with van der Waals surface area (Å²) in [6.07, 6.45) is 7.82. The van der Waals surface area contributed by atoms with E-state index in [1.165, 1.54) is 18.2 Å². The quantitative estimate of drug-likeness (QED) is 0.352. The van der Waals surface area contributed by atoms with E-state index in [2.05, 4.69) is 10.0 Å². The molecule has 37 heavy (non-hydrogen) atoms. The number of aliphatic carboxylic acids is 1. The van der Waals surface area contributed by atoms with Gasteiger partial charge < -0.3 is 10.4 Å². The molecular weight excluding hydrogens is 503 g/mol. The third kappa shape index (κ3) is 9.49. The van der Waals surface area contributed by atoms with Gasteiger partial charge in [-0.15, -0.1) is 0 Å². The first-order valence-electron chi connectivity index (χ1n) is 12.4. The first-order valence-corrected chi connectivity index (χ1v) is 15.4. The standard InChI is InChI=1S/C27H36N2O5S2.Li.H/c1-19-8-6-7-11-22(19)24-16-21(18-36(33,34)28-17-20-9-4-3-5-10-20)12-13-23(24)26(30)29-25(27(31)32)14-15-35-2;;/h6-8,11-13,16,20,25,28H,3-5,9-10,14-15,17-18H2,1-2H3,(H,29,30)(H,31,32);;/t25-;;/m0../s1. The van der Waals surface area contributed by atoms with Gasteiger partial charge in [0.1, 0.15) is 6.04 Å². The molecule has 198 valence electrons. The van der Waals surface area contributed by atoms with Gasteiger partial charge in [-0.25, -0.2) is 17.9 Å². The average Bonchev–Trinajstić information content (AvgIpc) is 2.85. The summed E-state index contributed by atoms with van der Waals surface area (Å²) in [6.45, 7) is 2.38. The fraction of sp³-hybridized carbons (Fsp3) is 0.481. The van der Waals surface area contributed by atoms with Crippen molar-refractivity contribution in [2.75, 3.05) is 18.6 Å². The molecule has 0 aromatic heterocycles. The molecule has 10 heteroatoms. The fourth-order valence-electron chi connectivity index (χ4n) is 4.61. The summed E-state index contributed by atoms with van der Waals surface area (Å²) in [5, 5.41) is 12.2. The zero-order valence-corrected chi connectivity index (χ0v) is 22.6. The van der Waals surface area contributed by atoms with Crippen molar-refractivity contribution in [3.8, 4) is 11.1 Å². The SMILES string of the molecule is CSCC[C@H](NC(=O)c1ccc(CS(=O)(=O)NCC2CCCCC2)cc1-c1ccccc1C)C(=O)O.[LiH]. The van der Waals surface area contributed by atoms with Crippen molar-refractivity contribution < 1.29 is 23.1 Å². The number of rotatable bonds is 12. The third-order valence-corrected chi connectivity index (χ3v) is 8.62. The topological polar surface area (TPSA) is 113 Å². The summed E-state index contributed by atoms with van der Waals surface area (Å²) >= 11 is 1.51. The second-order valence-corrected chi connectivity index (χ2v) is 12.2. The number of benzene rings is 2. The van der Waals surface area contributed by atoms with Crippen molar-refractivity contribution >= 4 is 52.5 Å². The third-order valence-electron chi connectivity index (χ3n) is 6.65. The van der Waals surface area contributed by atoms with E-state index < -0.39 is 27.9 Å². The number of carboxylic acid groups (broad SMARTS) is 1. The van der Waals surface area contributed by atoms with Crippen LogP contribution in [0.5, 0.6) is 0 Å². The van der Waals surface area contributed by atoms with Crippen LogP contribution in [0.3, 0.4) is 0 Å². The minimum absolute atomic E-state index is 0. The van der Waals surface area contributed by atoms with E-state index in [4.69, 9.17) is 0 Å². The van der Waals surface area contributed by atoms with Crippen molar-refractivity contribution in [3.05, 3.63) is 59.2 Å². The molecule has 2 aromatic rings. The Balaban J connectivity index is 0.00000481. The van der Waals surface area contributed by atoms with Gasteiger partial charge in [0.05, 0.1) is 5.75 Å². The van der Waals surface area contributed by atoms with E-state index in [1.54, 1.807) is 18.2 Å². The molecule has 1 amide bonds. The van der Waals surface area contributed by atoms with E-state index in [-0.39, 0.29) is 24.6 Å². The summed E-state index contributed by atoms with van der Waals surface area (Å²) in [4.78, 5) is 24.9. The number of aryl methyl sites for hydroxylation is 1. The van der Waals surface area contributed by atoms with E-state index in [0.717, 1.165) is 36.8 Å². The van der Waals surface area contributed by atoms with Gasteiger partial charge in [0.2, 0.25) is 10.0 Å². The van der Waals surface area contributed by atoms with Crippen molar-refractivity contribution in [1.82, 2.24) is 10.0 Å². The number of nitrogens with one attached hydrogen (secondary N) is 2. The van der Waals surface area contributed by atoms with Crippen molar-refractivity contribution in [1.29, 1.82) is 0 Å². The fourth-order valence-corrected chi connectivity index (χ4v) is 6.29. The predicted octanol–water partition coefficient (Wildman–Crippen LogP) is 3.95. The van der Waals surface area contributed by atoms with Crippen LogP contribution in [0.4, 0.5) is 0 Å². The van der Waals surface area contributed by atoms with Gasteiger partial charge in [0.25, 0.3) is 5.91 Å². The number of carbonyl (C=O) groups is 2. The number of thioether (sulfide) groups is 1. The zero-order chi connectivity index (χ0) is 26.1. The molecule has 1 aliphatic rings. The molecule has 2 aromatic carbocycles. The molecule has 0 unspecified atom stereocenters. The maximum absolute atomic E-state index is 13.2. The summed E-state index contributed by atoms with van der Waals surface area (Å²) in [5.41, 5.74) is 3.20. The van der Waals surface area contributed by atoms with Crippen LogP contribution in [0.2, 0.25) is 0 Å². The minimum atomic E-state index is -3.55. The van der Waals surface area contributed by atoms with Crippen LogP contribution in [0.1, 0.15) is 60.0 Å². The zero-order valence-electron chi connectivity index (χ0n) is 21.0. The Bertz CT molecular complexity index is 1170. The van der Waals surface area contributed by atoms with Gasteiger partial charge in [-0.05, 0) is 78.5 Å². The van der Waals surface area contributed by atoms with Gasteiger partial charge in [-0.3, -0.25) is 4.79 Å². The van der Waals surface area contributed by atoms with Crippen LogP contribution >= 0.6 is 11.8 Å². The summed E-state index contributed by atoms with van der Waals surface area (Å²) in [5.74, 6) is -0.776. The average molecular weight is 541 g/mol. The number of carbonyl (C=O) groups excluding carboxylic acids is 1.